The second kappa shape index (κ2) is 6.89. The molecule has 1 aliphatic carbocycles. The minimum atomic E-state index is 0.929. The Morgan fingerprint density at radius 2 is 1.33 bits per heavy atom. The molecule has 0 aromatic heterocycles. The van der Waals surface area contributed by atoms with E-state index in [0.29, 0.717) is 0 Å². The third-order valence-electron chi connectivity index (χ3n) is 3.16. The van der Waals surface area contributed by atoms with E-state index >= 15 is 0 Å². The van der Waals surface area contributed by atoms with Gasteiger partial charge in [-0.2, -0.15) is 0 Å². The quantitative estimate of drug-likeness (QED) is 0.694. The van der Waals surface area contributed by atoms with Crippen molar-refractivity contribution >= 4 is 5.71 Å². The Kier molecular flexibility index (Phi) is 4.94. The van der Waals surface area contributed by atoms with Crippen molar-refractivity contribution in [2.24, 2.45) is 0 Å². The van der Waals surface area contributed by atoms with Crippen LogP contribution in [0.15, 0.2) is 83.4 Å². The lowest BCUT2D eigenvalue weighted by molar-refractivity contribution is -0.462. The first-order valence-corrected chi connectivity index (χ1v) is 7.08. The maximum absolute atomic E-state index is 5.47. The Balaban J connectivity index is 2.03. The predicted octanol–water partition coefficient (Wildman–Crippen LogP) is 4.07. The van der Waals surface area contributed by atoms with E-state index in [1.54, 1.807) is 0 Å². The van der Waals surface area contributed by atoms with Crippen LogP contribution >= 0.6 is 0 Å². The first-order valence-electron chi connectivity index (χ1n) is 7.08. The third-order valence-corrected chi connectivity index (χ3v) is 3.16. The zero-order valence-electron chi connectivity index (χ0n) is 13.1. The summed E-state index contributed by atoms with van der Waals surface area (Å²) in [5, 5.41) is 0. The molecule has 2 rings (SSSR count). The van der Waals surface area contributed by atoms with E-state index in [2.05, 4.69) is 47.1 Å². The maximum Gasteiger partial charge on any atom is 0.199 e. The third kappa shape index (κ3) is 4.60. The van der Waals surface area contributed by atoms with Gasteiger partial charge in [0.1, 0.15) is 25.6 Å². The molecule has 2 aliphatic rings. The van der Waals surface area contributed by atoms with Gasteiger partial charge in [0.2, 0.25) is 0 Å². The number of allylic oxidation sites excluding steroid dienone is 14. The molecule has 0 N–H and O–H groups in total. The smallest absolute Gasteiger partial charge is 0.199 e. The van der Waals surface area contributed by atoms with Gasteiger partial charge in [0.15, 0.2) is 5.71 Å². The summed E-state index contributed by atoms with van der Waals surface area (Å²) in [5.41, 5.74) is 3.56. The highest BCUT2D eigenvalue weighted by molar-refractivity contribution is 6.02. The molecule has 0 aromatic rings. The number of hydrogen-bond donors (Lipinski definition) is 0. The van der Waals surface area contributed by atoms with Gasteiger partial charge < -0.3 is 4.74 Å². The van der Waals surface area contributed by atoms with Crippen molar-refractivity contribution in [3.05, 3.63) is 83.4 Å². The standard InChI is InChI=1S/C19H22NO/c1-15-13-18(14-16(2)21-15)8-6-5-7-17-9-11-19(12-10-17)20(3)4/h5-14H,1-4H3/q+1. The van der Waals surface area contributed by atoms with Gasteiger partial charge in [0.05, 0.1) is 0 Å². The first-order chi connectivity index (χ1) is 10.0. The summed E-state index contributed by atoms with van der Waals surface area (Å²) in [4.78, 5) is 0. The van der Waals surface area contributed by atoms with Crippen LogP contribution in [0.4, 0.5) is 0 Å². The van der Waals surface area contributed by atoms with Gasteiger partial charge in [-0.15, -0.1) is 0 Å². The van der Waals surface area contributed by atoms with Crippen LogP contribution in [0.2, 0.25) is 0 Å². The second-order valence-corrected chi connectivity index (χ2v) is 5.32. The summed E-state index contributed by atoms with van der Waals surface area (Å²) in [5.74, 6) is 1.86. The number of ether oxygens (including phenoxy) is 1. The van der Waals surface area contributed by atoms with Crippen LogP contribution in [0.5, 0.6) is 0 Å². The molecule has 0 radical (unpaired) electrons. The fourth-order valence-corrected chi connectivity index (χ4v) is 2.14. The minimum Gasteiger partial charge on any atom is -0.467 e. The molecule has 108 valence electrons. The van der Waals surface area contributed by atoms with Crippen LogP contribution in [0.3, 0.4) is 0 Å². The Labute approximate surface area is 127 Å². The van der Waals surface area contributed by atoms with E-state index in [-0.39, 0.29) is 0 Å². The zero-order chi connectivity index (χ0) is 15.2. The van der Waals surface area contributed by atoms with E-state index in [4.69, 9.17) is 4.74 Å². The van der Waals surface area contributed by atoms with Crippen LogP contribution in [0, 0.1) is 0 Å². The SMILES string of the molecule is CC1=CC(=CC=CC=C2C=CC(=[N+](C)C)C=C2)C=C(C)O1. The van der Waals surface area contributed by atoms with Crippen molar-refractivity contribution in [1.82, 2.24) is 0 Å². The Bertz CT molecular complexity index is 620. The van der Waals surface area contributed by atoms with Gasteiger partial charge in [-0.05, 0) is 49.3 Å². The molecule has 0 unspecified atom stereocenters. The van der Waals surface area contributed by atoms with E-state index in [1.165, 1.54) is 11.3 Å². The minimum absolute atomic E-state index is 0.929. The van der Waals surface area contributed by atoms with Crippen LogP contribution < -0.4 is 0 Å². The average molecular weight is 280 g/mol. The molecule has 0 saturated carbocycles. The molecule has 0 aromatic carbocycles. The van der Waals surface area contributed by atoms with Gasteiger partial charge >= 0.3 is 0 Å². The van der Waals surface area contributed by atoms with Gasteiger partial charge in [0.25, 0.3) is 0 Å². The van der Waals surface area contributed by atoms with Gasteiger partial charge in [-0.1, -0.05) is 24.3 Å². The normalized spacial score (nSPS) is 17.6. The second-order valence-electron chi connectivity index (χ2n) is 5.32. The van der Waals surface area contributed by atoms with Crippen LogP contribution in [0.25, 0.3) is 0 Å². The predicted molar refractivity (Wildman–Crippen MR) is 89.3 cm³/mol. The molecule has 0 saturated heterocycles. The number of rotatable bonds is 2. The molecule has 0 amide bonds. The van der Waals surface area contributed by atoms with Crippen molar-refractivity contribution in [3.63, 3.8) is 0 Å². The van der Waals surface area contributed by atoms with Crippen molar-refractivity contribution < 1.29 is 9.31 Å². The molecular weight excluding hydrogens is 258 g/mol. The summed E-state index contributed by atoms with van der Waals surface area (Å²) >= 11 is 0. The molecule has 0 bridgehead atoms. The molecule has 2 heteroatoms. The van der Waals surface area contributed by atoms with Crippen LogP contribution in [-0.4, -0.2) is 24.4 Å². The van der Waals surface area contributed by atoms with E-state index in [1.807, 2.05) is 46.2 Å². The molecule has 0 atom stereocenters. The Morgan fingerprint density at radius 3 is 1.86 bits per heavy atom. The lowest BCUT2D eigenvalue weighted by Crippen LogP contribution is -2.09. The van der Waals surface area contributed by atoms with E-state index < -0.39 is 0 Å². The number of hydrogen-bond acceptors (Lipinski definition) is 1. The summed E-state index contributed by atoms with van der Waals surface area (Å²) in [6.45, 7) is 3.93. The van der Waals surface area contributed by atoms with Crippen LogP contribution in [-0.2, 0) is 4.74 Å². The lowest BCUT2D eigenvalue weighted by atomic mass is 10.1. The molecule has 0 spiro atoms. The summed E-state index contributed by atoms with van der Waals surface area (Å²) in [7, 11) is 4.09. The molecule has 1 aliphatic heterocycles. The summed E-state index contributed by atoms with van der Waals surface area (Å²) < 4.78 is 7.56. The summed E-state index contributed by atoms with van der Waals surface area (Å²) in [6.07, 6.45) is 20.8. The van der Waals surface area contributed by atoms with Crippen molar-refractivity contribution in [1.29, 1.82) is 0 Å². The molecule has 1 heterocycles. The van der Waals surface area contributed by atoms with E-state index in [0.717, 1.165) is 17.1 Å². The Morgan fingerprint density at radius 1 is 0.810 bits per heavy atom. The summed E-state index contributed by atoms with van der Waals surface area (Å²) in [6, 6.07) is 0. The highest BCUT2D eigenvalue weighted by Crippen LogP contribution is 2.18. The topological polar surface area (TPSA) is 12.2 Å². The van der Waals surface area contributed by atoms with Crippen LogP contribution in [0.1, 0.15) is 13.8 Å². The first kappa shape index (κ1) is 15.0. The highest BCUT2D eigenvalue weighted by Gasteiger charge is 2.03. The fourth-order valence-electron chi connectivity index (χ4n) is 2.14. The monoisotopic (exact) mass is 280 g/mol. The van der Waals surface area contributed by atoms with Crippen molar-refractivity contribution in [2.75, 3.05) is 14.1 Å². The Hall–Kier alpha value is -2.35. The maximum atomic E-state index is 5.47. The average Bonchev–Trinajstić information content (AvgIpc) is 2.43. The zero-order valence-corrected chi connectivity index (χ0v) is 13.1. The highest BCUT2D eigenvalue weighted by atomic mass is 16.5. The molecule has 2 nitrogen and oxygen atoms in total. The molecular formula is C19H22NO+. The van der Waals surface area contributed by atoms with Gasteiger partial charge in [0, 0.05) is 12.2 Å². The largest absolute Gasteiger partial charge is 0.467 e. The molecule has 21 heavy (non-hydrogen) atoms. The van der Waals surface area contributed by atoms with Gasteiger partial charge in [-0.25, -0.2) is 4.58 Å². The number of nitrogens with zero attached hydrogens (tertiary/aromatic N) is 1. The lowest BCUT2D eigenvalue weighted by Gasteiger charge is -2.11. The van der Waals surface area contributed by atoms with Crippen molar-refractivity contribution in [2.45, 2.75) is 13.8 Å². The molecule has 0 fully saturated rings. The van der Waals surface area contributed by atoms with Gasteiger partial charge in [-0.3, -0.25) is 0 Å². The van der Waals surface area contributed by atoms with E-state index in [9.17, 15) is 0 Å². The fraction of sp³-hybridized carbons (Fsp3) is 0.211. The van der Waals surface area contributed by atoms with Crippen molar-refractivity contribution in [3.8, 4) is 0 Å².